The lowest BCUT2D eigenvalue weighted by molar-refractivity contribution is -0.119. The summed E-state index contributed by atoms with van der Waals surface area (Å²) in [6, 6.07) is 0. The van der Waals surface area contributed by atoms with E-state index in [9.17, 15) is 4.79 Å². The molecule has 0 heterocycles. The summed E-state index contributed by atoms with van der Waals surface area (Å²) in [7, 11) is 0. The smallest absolute Gasteiger partial charge is 0.219 e. The van der Waals surface area contributed by atoms with E-state index in [2.05, 4.69) is 26.1 Å². The number of unbranched alkanes of at least 4 members (excludes halogenated alkanes) is 1. The Morgan fingerprint density at radius 1 is 1.27 bits per heavy atom. The van der Waals surface area contributed by atoms with Crippen molar-refractivity contribution in [2.75, 3.05) is 6.54 Å². The average molecular weight is 214 g/mol. The predicted octanol–water partition coefficient (Wildman–Crippen LogP) is 2.20. The molecule has 0 aromatic heterocycles. The first-order chi connectivity index (χ1) is 7.10. The molecule has 0 aliphatic heterocycles. The second-order valence-corrected chi connectivity index (χ2v) is 4.31. The largest absolute Gasteiger partial charge is 0.370 e. The Morgan fingerprint density at radius 2 is 1.93 bits per heavy atom. The molecule has 90 valence electrons. The number of hydrogen-bond donors (Lipinski definition) is 2. The summed E-state index contributed by atoms with van der Waals surface area (Å²) in [4.78, 5) is 11.1. The Bertz CT molecular complexity index is 172. The second-order valence-electron chi connectivity index (χ2n) is 4.31. The van der Waals surface area contributed by atoms with Gasteiger partial charge in [0.25, 0.3) is 0 Å². The molecule has 0 rings (SSSR count). The van der Waals surface area contributed by atoms with Gasteiger partial charge in [0, 0.05) is 12.0 Å². The predicted molar refractivity (Wildman–Crippen MR) is 64.7 cm³/mol. The van der Waals surface area contributed by atoms with Crippen LogP contribution in [0.5, 0.6) is 0 Å². The number of amides is 1. The van der Waals surface area contributed by atoms with Gasteiger partial charge < -0.3 is 11.1 Å². The van der Waals surface area contributed by atoms with Gasteiger partial charge in [-0.2, -0.15) is 0 Å². The van der Waals surface area contributed by atoms with Gasteiger partial charge >= 0.3 is 0 Å². The zero-order valence-corrected chi connectivity index (χ0v) is 10.4. The van der Waals surface area contributed by atoms with Gasteiger partial charge in [-0.1, -0.05) is 33.6 Å². The highest BCUT2D eigenvalue weighted by Crippen LogP contribution is 2.22. The highest BCUT2D eigenvalue weighted by molar-refractivity contribution is 5.75. The number of hydrogen-bond acceptors (Lipinski definition) is 2. The van der Waals surface area contributed by atoms with E-state index in [1.165, 1.54) is 0 Å². The molecular formula is C12H26N2O. The summed E-state index contributed by atoms with van der Waals surface area (Å²) in [5.41, 5.74) is 5.26. The minimum Gasteiger partial charge on any atom is -0.370 e. The van der Waals surface area contributed by atoms with E-state index >= 15 is 0 Å². The van der Waals surface area contributed by atoms with Gasteiger partial charge in [-0.05, 0) is 25.8 Å². The first-order valence-corrected chi connectivity index (χ1v) is 6.13. The van der Waals surface area contributed by atoms with Crippen molar-refractivity contribution in [3.8, 4) is 0 Å². The Labute approximate surface area is 93.8 Å². The number of primary amides is 1. The van der Waals surface area contributed by atoms with Crippen LogP contribution in [0.25, 0.3) is 0 Å². The highest BCUT2D eigenvalue weighted by atomic mass is 16.1. The molecule has 0 saturated carbocycles. The third kappa shape index (κ3) is 5.78. The molecule has 3 heteroatoms. The molecule has 1 unspecified atom stereocenters. The average Bonchev–Trinajstić information content (AvgIpc) is 2.22. The van der Waals surface area contributed by atoms with Crippen molar-refractivity contribution in [1.82, 2.24) is 5.32 Å². The Balaban J connectivity index is 4.36. The summed E-state index contributed by atoms with van der Waals surface area (Å²) in [6.07, 6.45) is 5.88. The number of rotatable bonds is 9. The number of carbonyl (C=O) groups is 1. The summed E-state index contributed by atoms with van der Waals surface area (Å²) in [5, 5.41) is 3.50. The van der Waals surface area contributed by atoms with Crippen LogP contribution in [-0.4, -0.2) is 18.0 Å². The third-order valence-corrected chi connectivity index (χ3v) is 2.95. The topological polar surface area (TPSA) is 55.1 Å². The lowest BCUT2D eigenvalue weighted by Gasteiger charge is -2.33. The van der Waals surface area contributed by atoms with Crippen LogP contribution in [0, 0.1) is 0 Å². The molecule has 1 atom stereocenters. The molecule has 0 aliphatic rings. The van der Waals surface area contributed by atoms with Gasteiger partial charge in [0.15, 0.2) is 0 Å². The van der Waals surface area contributed by atoms with Gasteiger partial charge in [-0.15, -0.1) is 0 Å². The minimum atomic E-state index is -0.198. The van der Waals surface area contributed by atoms with Crippen molar-refractivity contribution in [3.63, 3.8) is 0 Å². The molecule has 0 fully saturated rings. The van der Waals surface area contributed by atoms with E-state index in [-0.39, 0.29) is 11.4 Å². The Morgan fingerprint density at radius 3 is 2.33 bits per heavy atom. The quantitative estimate of drug-likeness (QED) is 0.618. The van der Waals surface area contributed by atoms with E-state index in [1.807, 2.05) is 0 Å². The van der Waals surface area contributed by atoms with Crippen LogP contribution in [-0.2, 0) is 4.79 Å². The van der Waals surface area contributed by atoms with E-state index in [0.717, 1.165) is 38.6 Å². The number of nitrogens with two attached hydrogens (primary N) is 1. The normalized spacial score (nSPS) is 14.9. The maximum Gasteiger partial charge on any atom is 0.219 e. The van der Waals surface area contributed by atoms with E-state index in [4.69, 9.17) is 5.73 Å². The summed E-state index contributed by atoms with van der Waals surface area (Å²) < 4.78 is 0. The summed E-state index contributed by atoms with van der Waals surface area (Å²) in [6.45, 7) is 7.40. The molecule has 0 spiro atoms. The molecule has 0 saturated heterocycles. The van der Waals surface area contributed by atoms with E-state index in [1.54, 1.807) is 0 Å². The van der Waals surface area contributed by atoms with Crippen molar-refractivity contribution in [1.29, 1.82) is 0 Å². The molecule has 15 heavy (non-hydrogen) atoms. The van der Waals surface area contributed by atoms with Crippen LogP contribution in [0.2, 0.25) is 0 Å². The molecule has 3 nitrogen and oxygen atoms in total. The van der Waals surface area contributed by atoms with Gasteiger partial charge in [-0.25, -0.2) is 0 Å². The highest BCUT2D eigenvalue weighted by Gasteiger charge is 2.28. The van der Waals surface area contributed by atoms with Crippen molar-refractivity contribution in [2.24, 2.45) is 5.73 Å². The van der Waals surface area contributed by atoms with Crippen LogP contribution in [0.1, 0.15) is 59.3 Å². The molecule has 0 aromatic rings. The van der Waals surface area contributed by atoms with E-state index in [0.29, 0.717) is 6.42 Å². The minimum absolute atomic E-state index is 0.0577. The third-order valence-electron chi connectivity index (χ3n) is 2.95. The molecular weight excluding hydrogens is 188 g/mol. The fourth-order valence-corrected chi connectivity index (χ4v) is 1.90. The van der Waals surface area contributed by atoms with Gasteiger partial charge in [-0.3, -0.25) is 4.79 Å². The molecule has 1 amide bonds. The fraction of sp³-hybridized carbons (Fsp3) is 0.917. The van der Waals surface area contributed by atoms with Gasteiger partial charge in [0.1, 0.15) is 0 Å². The monoisotopic (exact) mass is 214 g/mol. The van der Waals surface area contributed by atoms with Crippen molar-refractivity contribution in [2.45, 2.75) is 64.8 Å². The maximum atomic E-state index is 11.1. The second kappa shape index (κ2) is 7.69. The fourth-order valence-electron chi connectivity index (χ4n) is 1.90. The SMILES string of the molecule is CCCCC(CC)(CC(N)=O)NCCC. The molecule has 3 N–H and O–H groups in total. The molecule has 0 aliphatic carbocycles. The first-order valence-electron chi connectivity index (χ1n) is 6.13. The van der Waals surface area contributed by atoms with Crippen LogP contribution in [0.15, 0.2) is 0 Å². The van der Waals surface area contributed by atoms with Gasteiger partial charge in [0.2, 0.25) is 5.91 Å². The van der Waals surface area contributed by atoms with Crippen LogP contribution in [0.3, 0.4) is 0 Å². The van der Waals surface area contributed by atoms with Crippen molar-refractivity contribution in [3.05, 3.63) is 0 Å². The van der Waals surface area contributed by atoms with Crippen LogP contribution >= 0.6 is 0 Å². The molecule has 0 bridgehead atoms. The number of nitrogens with one attached hydrogen (secondary N) is 1. The number of carbonyl (C=O) groups excluding carboxylic acids is 1. The first kappa shape index (κ1) is 14.4. The molecule has 0 aromatic carbocycles. The molecule has 0 radical (unpaired) electrons. The van der Waals surface area contributed by atoms with E-state index < -0.39 is 0 Å². The maximum absolute atomic E-state index is 11.1. The zero-order chi connectivity index (χ0) is 11.7. The summed E-state index contributed by atoms with van der Waals surface area (Å²) >= 11 is 0. The Hall–Kier alpha value is -0.570. The van der Waals surface area contributed by atoms with Crippen molar-refractivity contribution >= 4 is 5.91 Å². The Kier molecular flexibility index (Phi) is 7.39. The zero-order valence-electron chi connectivity index (χ0n) is 10.4. The van der Waals surface area contributed by atoms with Crippen molar-refractivity contribution < 1.29 is 4.79 Å². The van der Waals surface area contributed by atoms with Gasteiger partial charge in [0.05, 0.1) is 0 Å². The lowest BCUT2D eigenvalue weighted by Crippen LogP contribution is -2.47. The van der Waals surface area contributed by atoms with Crippen LogP contribution in [0.4, 0.5) is 0 Å². The standard InChI is InChI=1S/C12H26N2O/c1-4-7-8-12(6-3,10-11(13)15)14-9-5-2/h14H,4-10H2,1-3H3,(H2,13,15). The van der Waals surface area contributed by atoms with Crippen LogP contribution < -0.4 is 11.1 Å². The lowest BCUT2D eigenvalue weighted by atomic mass is 9.86. The summed E-state index contributed by atoms with van der Waals surface area (Å²) in [5.74, 6) is -0.198.